The zero-order valence-corrected chi connectivity index (χ0v) is 15.5. The average molecular weight is 361 g/mol. The maximum absolute atomic E-state index is 12.6. The van der Waals surface area contributed by atoms with Gasteiger partial charge in [-0.15, -0.1) is 11.3 Å². The quantitative estimate of drug-likeness (QED) is 0.867. The molecule has 8 heteroatoms. The number of anilines is 1. The van der Waals surface area contributed by atoms with E-state index in [1.54, 1.807) is 17.9 Å². The van der Waals surface area contributed by atoms with Crippen molar-refractivity contribution < 1.29 is 9.59 Å². The number of aryl methyl sites for hydroxylation is 2. The first-order valence-corrected chi connectivity index (χ1v) is 9.16. The summed E-state index contributed by atoms with van der Waals surface area (Å²) in [4.78, 5) is 27.8. The van der Waals surface area contributed by atoms with E-state index in [1.807, 2.05) is 36.4 Å². The molecule has 0 atom stereocenters. The van der Waals surface area contributed by atoms with Gasteiger partial charge in [-0.25, -0.2) is 0 Å². The van der Waals surface area contributed by atoms with Crippen LogP contribution in [-0.4, -0.2) is 52.2 Å². The minimum Gasteiger partial charge on any atom is -0.357 e. The Labute approximate surface area is 151 Å². The SMILES string of the molecule is CNC(=O)C1(Nc2ccnn2C)CCN(C(=O)c2cc(C)cs2)CC1. The molecule has 1 aliphatic rings. The second-order valence-electron chi connectivity index (χ2n) is 6.41. The molecule has 0 aromatic carbocycles. The van der Waals surface area contributed by atoms with E-state index in [0.29, 0.717) is 25.9 Å². The van der Waals surface area contributed by atoms with Crippen LogP contribution in [0, 0.1) is 6.92 Å². The number of piperidine rings is 1. The normalized spacial score (nSPS) is 16.5. The van der Waals surface area contributed by atoms with Gasteiger partial charge in [0.2, 0.25) is 5.91 Å². The van der Waals surface area contributed by atoms with E-state index in [-0.39, 0.29) is 11.8 Å². The van der Waals surface area contributed by atoms with Crippen molar-refractivity contribution in [1.29, 1.82) is 0 Å². The van der Waals surface area contributed by atoms with Crippen LogP contribution in [0.5, 0.6) is 0 Å². The fraction of sp³-hybridized carbons (Fsp3) is 0.471. The van der Waals surface area contributed by atoms with Crippen LogP contribution in [0.4, 0.5) is 5.82 Å². The van der Waals surface area contributed by atoms with Gasteiger partial charge in [0.1, 0.15) is 11.4 Å². The molecule has 25 heavy (non-hydrogen) atoms. The van der Waals surface area contributed by atoms with Crippen molar-refractivity contribution in [3.63, 3.8) is 0 Å². The maximum atomic E-state index is 12.6. The standard InChI is InChI=1S/C17H23N5O2S/c1-12-10-13(25-11-12)15(23)22-8-5-17(6-9-22,16(24)18-2)20-14-4-7-19-21(14)3/h4,7,10-11,20H,5-6,8-9H2,1-3H3,(H,18,24). The summed E-state index contributed by atoms with van der Waals surface area (Å²) in [5, 5.41) is 12.2. The Kier molecular flexibility index (Phi) is 4.80. The van der Waals surface area contributed by atoms with Gasteiger partial charge in [-0.05, 0) is 36.8 Å². The Hall–Kier alpha value is -2.35. The summed E-state index contributed by atoms with van der Waals surface area (Å²) in [6.07, 6.45) is 2.79. The zero-order valence-electron chi connectivity index (χ0n) is 14.7. The second kappa shape index (κ2) is 6.87. The summed E-state index contributed by atoms with van der Waals surface area (Å²) in [6.45, 7) is 3.06. The summed E-state index contributed by atoms with van der Waals surface area (Å²) in [6, 6.07) is 3.76. The van der Waals surface area contributed by atoms with Crippen LogP contribution in [0.1, 0.15) is 28.1 Å². The molecule has 0 bridgehead atoms. The minimum absolute atomic E-state index is 0.0455. The molecule has 0 aliphatic carbocycles. The van der Waals surface area contributed by atoms with E-state index in [0.717, 1.165) is 16.3 Å². The van der Waals surface area contributed by atoms with Crippen molar-refractivity contribution in [3.05, 3.63) is 34.2 Å². The average Bonchev–Trinajstić information content (AvgIpc) is 3.23. The monoisotopic (exact) mass is 361 g/mol. The molecular weight excluding hydrogens is 338 g/mol. The number of amides is 2. The molecule has 2 N–H and O–H groups in total. The number of nitrogens with zero attached hydrogens (tertiary/aromatic N) is 3. The number of likely N-dealkylation sites (N-methyl/N-ethyl adjacent to an activating group) is 1. The third kappa shape index (κ3) is 3.39. The summed E-state index contributed by atoms with van der Waals surface area (Å²) in [5.41, 5.74) is 0.368. The topological polar surface area (TPSA) is 79.3 Å². The van der Waals surface area contributed by atoms with E-state index >= 15 is 0 Å². The van der Waals surface area contributed by atoms with Crippen molar-refractivity contribution in [2.24, 2.45) is 7.05 Å². The molecule has 3 rings (SSSR count). The molecule has 0 spiro atoms. The molecule has 1 fully saturated rings. The lowest BCUT2D eigenvalue weighted by Crippen LogP contribution is -2.58. The van der Waals surface area contributed by atoms with Crippen molar-refractivity contribution in [3.8, 4) is 0 Å². The van der Waals surface area contributed by atoms with Crippen molar-refractivity contribution in [2.45, 2.75) is 25.3 Å². The highest BCUT2D eigenvalue weighted by Gasteiger charge is 2.42. The van der Waals surface area contributed by atoms with Gasteiger partial charge >= 0.3 is 0 Å². The van der Waals surface area contributed by atoms with Gasteiger partial charge in [0.05, 0.1) is 11.1 Å². The molecule has 2 aromatic rings. The zero-order chi connectivity index (χ0) is 18.0. The molecule has 2 amide bonds. The molecule has 0 radical (unpaired) electrons. The minimum atomic E-state index is -0.731. The second-order valence-corrected chi connectivity index (χ2v) is 7.32. The van der Waals surface area contributed by atoms with Crippen LogP contribution in [0.15, 0.2) is 23.7 Å². The van der Waals surface area contributed by atoms with Crippen molar-refractivity contribution in [1.82, 2.24) is 20.0 Å². The first kappa shape index (κ1) is 17.5. The summed E-state index contributed by atoms with van der Waals surface area (Å²) < 4.78 is 1.71. The highest BCUT2D eigenvalue weighted by atomic mass is 32.1. The van der Waals surface area contributed by atoms with Crippen LogP contribution >= 0.6 is 11.3 Å². The smallest absolute Gasteiger partial charge is 0.263 e. The lowest BCUT2D eigenvalue weighted by Gasteiger charge is -2.41. The van der Waals surface area contributed by atoms with Crippen molar-refractivity contribution in [2.75, 3.05) is 25.5 Å². The first-order chi connectivity index (χ1) is 11.9. The number of carbonyl (C=O) groups is 2. The molecule has 134 valence electrons. The highest BCUT2D eigenvalue weighted by molar-refractivity contribution is 7.12. The van der Waals surface area contributed by atoms with Crippen LogP contribution in [-0.2, 0) is 11.8 Å². The van der Waals surface area contributed by atoms with E-state index in [1.165, 1.54) is 11.3 Å². The van der Waals surface area contributed by atoms with Crippen LogP contribution in [0.3, 0.4) is 0 Å². The highest BCUT2D eigenvalue weighted by Crippen LogP contribution is 2.29. The van der Waals surface area contributed by atoms with Crippen LogP contribution < -0.4 is 10.6 Å². The Bertz CT molecular complexity index is 774. The van der Waals surface area contributed by atoms with E-state index < -0.39 is 5.54 Å². The van der Waals surface area contributed by atoms with Gasteiger partial charge in [-0.2, -0.15) is 5.10 Å². The Morgan fingerprint density at radius 3 is 2.56 bits per heavy atom. The van der Waals surface area contributed by atoms with Gasteiger partial charge in [0.25, 0.3) is 5.91 Å². The fourth-order valence-corrected chi connectivity index (χ4v) is 4.05. The van der Waals surface area contributed by atoms with E-state index in [4.69, 9.17) is 0 Å². The molecule has 7 nitrogen and oxygen atoms in total. The number of likely N-dealkylation sites (tertiary alicyclic amines) is 1. The largest absolute Gasteiger partial charge is 0.357 e. The maximum Gasteiger partial charge on any atom is 0.263 e. The molecule has 2 aromatic heterocycles. The molecular formula is C17H23N5O2S. The summed E-state index contributed by atoms with van der Waals surface area (Å²) in [5.74, 6) is 0.772. The van der Waals surface area contributed by atoms with Gasteiger partial charge in [-0.1, -0.05) is 0 Å². The first-order valence-electron chi connectivity index (χ1n) is 8.28. The number of thiophene rings is 1. The van der Waals surface area contributed by atoms with E-state index in [9.17, 15) is 9.59 Å². The van der Waals surface area contributed by atoms with E-state index in [2.05, 4.69) is 15.7 Å². The van der Waals surface area contributed by atoms with Gasteiger partial charge in [-0.3, -0.25) is 14.3 Å². The van der Waals surface area contributed by atoms with Gasteiger partial charge in [0, 0.05) is 33.3 Å². The lowest BCUT2D eigenvalue weighted by atomic mass is 9.86. The number of carbonyl (C=O) groups excluding carboxylic acids is 2. The number of hydrogen-bond donors (Lipinski definition) is 2. The van der Waals surface area contributed by atoms with Gasteiger partial charge in [0.15, 0.2) is 0 Å². The van der Waals surface area contributed by atoms with Gasteiger partial charge < -0.3 is 15.5 Å². The Morgan fingerprint density at radius 1 is 1.32 bits per heavy atom. The number of rotatable bonds is 4. The Balaban J connectivity index is 1.74. The molecule has 1 aliphatic heterocycles. The van der Waals surface area contributed by atoms with Crippen LogP contribution in [0.25, 0.3) is 0 Å². The molecule has 1 saturated heterocycles. The number of nitrogens with one attached hydrogen (secondary N) is 2. The van der Waals surface area contributed by atoms with Crippen molar-refractivity contribution >= 4 is 29.0 Å². The summed E-state index contributed by atoms with van der Waals surface area (Å²) >= 11 is 1.47. The third-order valence-electron chi connectivity index (χ3n) is 4.70. The number of hydrogen-bond acceptors (Lipinski definition) is 5. The molecule has 3 heterocycles. The predicted octanol–water partition coefficient (Wildman–Crippen LogP) is 1.62. The summed E-state index contributed by atoms with van der Waals surface area (Å²) in [7, 11) is 3.47. The lowest BCUT2D eigenvalue weighted by molar-refractivity contribution is -0.126. The fourth-order valence-electron chi connectivity index (χ4n) is 3.18. The third-order valence-corrected chi connectivity index (χ3v) is 5.73. The molecule has 0 saturated carbocycles. The van der Waals surface area contributed by atoms with Crippen LogP contribution in [0.2, 0.25) is 0 Å². The molecule has 0 unspecified atom stereocenters. The number of aromatic nitrogens is 2. The Morgan fingerprint density at radius 2 is 2.04 bits per heavy atom. The predicted molar refractivity (Wildman–Crippen MR) is 97.8 cm³/mol.